The highest BCUT2D eigenvalue weighted by molar-refractivity contribution is 7.80. The van der Waals surface area contributed by atoms with Gasteiger partial charge in [0.1, 0.15) is 0 Å². The molecular formula is C16H21ClN2O2S. The van der Waals surface area contributed by atoms with E-state index >= 15 is 0 Å². The van der Waals surface area contributed by atoms with E-state index < -0.39 is 5.41 Å². The second-order valence-electron chi connectivity index (χ2n) is 6.12. The molecule has 1 fully saturated rings. The molecule has 1 aliphatic heterocycles. The molecule has 2 rings (SSSR count). The first kappa shape index (κ1) is 17.2. The Morgan fingerprint density at radius 3 is 2.23 bits per heavy atom. The molecule has 1 heterocycles. The molecule has 1 aromatic rings. The fourth-order valence-electron chi connectivity index (χ4n) is 2.42. The quantitative estimate of drug-likeness (QED) is 0.678. The van der Waals surface area contributed by atoms with E-state index in [0.717, 1.165) is 0 Å². The Balaban J connectivity index is 1.99. The molecule has 22 heavy (non-hydrogen) atoms. The van der Waals surface area contributed by atoms with E-state index in [1.807, 2.05) is 26.0 Å². The van der Waals surface area contributed by atoms with Crippen LogP contribution in [0.25, 0.3) is 0 Å². The number of carbonyl (C=O) groups excluding carboxylic acids is 2. The van der Waals surface area contributed by atoms with Crippen molar-refractivity contribution in [3.63, 3.8) is 0 Å². The maximum atomic E-state index is 12.5. The predicted octanol–water partition coefficient (Wildman–Crippen LogP) is 2.52. The number of hydrogen-bond donors (Lipinski definition) is 1. The van der Waals surface area contributed by atoms with Gasteiger partial charge in [-0.25, -0.2) is 0 Å². The van der Waals surface area contributed by atoms with Crippen LogP contribution in [0.2, 0.25) is 0 Å². The molecule has 0 N–H and O–H groups in total. The molecule has 1 saturated heterocycles. The summed E-state index contributed by atoms with van der Waals surface area (Å²) in [5.74, 6) is 0.302. The summed E-state index contributed by atoms with van der Waals surface area (Å²) in [6.07, 6.45) is 0. The average molecular weight is 341 g/mol. The molecule has 0 unspecified atom stereocenters. The van der Waals surface area contributed by atoms with E-state index in [4.69, 9.17) is 11.6 Å². The van der Waals surface area contributed by atoms with Crippen molar-refractivity contribution in [3.05, 3.63) is 29.8 Å². The standard InChI is InChI=1S/C16H21ClN2O2S/c1-16(2,11-17)15(21)19-9-7-18(8-10-19)14(20)12-5-3-4-6-13(12)22/h3-6,22H,7-11H2,1-2H3. The van der Waals surface area contributed by atoms with Gasteiger partial charge < -0.3 is 9.80 Å². The summed E-state index contributed by atoms with van der Waals surface area (Å²) < 4.78 is 0. The smallest absolute Gasteiger partial charge is 0.255 e. The van der Waals surface area contributed by atoms with Crippen LogP contribution >= 0.6 is 24.2 Å². The van der Waals surface area contributed by atoms with E-state index in [9.17, 15) is 9.59 Å². The Morgan fingerprint density at radius 1 is 1.14 bits per heavy atom. The number of rotatable bonds is 3. The molecule has 0 saturated carbocycles. The Hall–Kier alpha value is -1.20. The van der Waals surface area contributed by atoms with E-state index in [1.165, 1.54) is 0 Å². The van der Waals surface area contributed by atoms with Crippen LogP contribution in [0.3, 0.4) is 0 Å². The number of benzene rings is 1. The molecule has 0 atom stereocenters. The van der Waals surface area contributed by atoms with Crippen LogP contribution < -0.4 is 0 Å². The van der Waals surface area contributed by atoms with E-state index in [-0.39, 0.29) is 17.7 Å². The molecule has 1 aromatic carbocycles. The van der Waals surface area contributed by atoms with E-state index in [0.29, 0.717) is 36.6 Å². The molecule has 0 aromatic heterocycles. The van der Waals surface area contributed by atoms with Crippen molar-refractivity contribution in [2.45, 2.75) is 18.7 Å². The average Bonchev–Trinajstić information content (AvgIpc) is 2.54. The fraction of sp³-hybridized carbons (Fsp3) is 0.500. The van der Waals surface area contributed by atoms with Gasteiger partial charge in [-0.2, -0.15) is 0 Å². The molecule has 2 amide bonds. The number of piperazine rings is 1. The third kappa shape index (κ3) is 3.58. The van der Waals surface area contributed by atoms with Crippen molar-refractivity contribution in [2.75, 3.05) is 32.1 Å². The number of halogens is 1. The fourth-order valence-corrected chi connectivity index (χ4v) is 2.79. The second-order valence-corrected chi connectivity index (χ2v) is 6.87. The van der Waals surface area contributed by atoms with Crippen LogP contribution in [0.4, 0.5) is 0 Å². The van der Waals surface area contributed by atoms with Crippen LogP contribution in [0, 0.1) is 5.41 Å². The maximum absolute atomic E-state index is 12.5. The van der Waals surface area contributed by atoms with Crippen molar-refractivity contribution in [1.82, 2.24) is 9.80 Å². The highest BCUT2D eigenvalue weighted by Crippen LogP contribution is 2.22. The minimum Gasteiger partial charge on any atom is -0.339 e. The second kappa shape index (κ2) is 6.92. The highest BCUT2D eigenvalue weighted by Gasteiger charge is 2.33. The lowest BCUT2D eigenvalue weighted by Crippen LogP contribution is -2.53. The van der Waals surface area contributed by atoms with Crippen molar-refractivity contribution >= 4 is 36.0 Å². The van der Waals surface area contributed by atoms with Gasteiger partial charge in [-0.15, -0.1) is 24.2 Å². The van der Waals surface area contributed by atoms with Crippen molar-refractivity contribution in [2.24, 2.45) is 5.41 Å². The SMILES string of the molecule is CC(C)(CCl)C(=O)N1CCN(C(=O)c2ccccc2S)CC1. The molecule has 4 nitrogen and oxygen atoms in total. The van der Waals surface area contributed by atoms with Gasteiger partial charge in [0.2, 0.25) is 5.91 Å². The zero-order valence-electron chi connectivity index (χ0n) is 12.9. The van der Waals surface area contributed by atoms with E-state index in [2.05, 4.69) is 12.6 Å². The highest BCUT2D eigenvalue weighted by atomic mass is 35.5. The van der Waals surface area contributed by atoms with Crippen LogP contribution in [-0.2, 0) is 4.79 Å². The predicted molar refractivity (Wildman–Crippen MR) is 90.7 cm³/mol. The first-order valence-electron chi connectivity index (χ1n) is 7.29. The molecule has 0 spiro atoms. The van der Waals surface area contributed by atoms with Gasteiger partial charge in [-0.05, 0) is 26.0 Å². The maximum Gasteiger partial charge on any atom is 0.255 e. The summed E-state index contributed by atoms with van der Waals surface area (Å²) in [6, 6.07) is 7.26. The number of nitrogens with zero attached hydrogens (tertiary/aromatic N) is 2. The molecule has 0 radical (unpaired) electrons. The first-order chi connectivity index (χ1) is 10.4. The third-order valence-corrected chi connectivity index (χ3v) is 4.96. The van der Waals surface area contributed by atoms with Gasteiger partial charge in [-0.1, -0.05) is 12.1 Å². The molecule has 1 aliphatic rings. The van der Waals surface area contributed by atoms with Crippen molar-refractivity contribution < 1.29 is 9.59 Å². The summed E-state index contributed by atoms with van der Waals surface area (Å²) >= 11 is 10.2. The lowest BCUT2D eigenvalue weighted by molar-refractivity contribution is -0.140. The number of alkyl halides is 1. The third-order valence-electron chi connectivity index (χ3n) is 3.90. The summed E-state index contributed by atoms with van der Waals surface area (Å²) in [5, 5.41) is 0. The van der Waals surface area contributed by atoms with Gasteiger partial charge in [-0.3, -0.25) is 9.59 Å². The monoisotopic (exact) mass is 340 g/mol. The molecule has 0 aliphatic carbocycles. The Labute approximate surface area is 141 Å². The lowest BCUT2D eigenvalue weighted by Gasteiger charge is -2.38. The van der Waals surface area contributed by atoms with Gasteiger partial charge in [0.15, 0.2) is 0 Å². The van der Waals surface area contributed by atoms with Gasteiger partial charge >= 0.3 is 0 Å². The van der Waals surface area contributed by atoms with Crippen LogP contribution in [0.1, 0.15) is 24.2 Å². The summed E-state index contributed by atoms with van der Waals surface area (Å²) in [4.78, 5) is 29.1. The van der Waals surface area contributed by atoms with Gasteiger partial charge in [0, 0.05) is 37.0 Å². The molecular weight excluding hydrogens is 320 g/mol. The number of carbonyl (C=O) groups is 2. The Kier molecular flexibility index (Phi) is 5.40. The zero-order chi connectivity index (χ0) is 16.3. The van der Waals surface area contributed by atoms with Crippen molar-refractivity contribution in [3.8, 4) is 0 Å². The number of hydrogen-bond acceptors (Lipinski definition) is 3. The van der Waals surface area contributed by atoms with E-state index in [1.54, 1.807) is 21.9 Å². The van der Waals surface area contributed by atoms with Gasteiger partial charge in [0.05, 0.1) is 11.0 Å². The number of amides is 2. The molecule has 6 heteroatoms. The largest absolute Gasteiger partial charge is 0.339 e. The molecule has 120 valence electrons. The topological polar surface area (TPSA) is 40.6 Å². The minimum atomic E-state index is -0.564. The summed E-state index contributed by atoms with van der Waals surface area (Å²) in [5.41, 5.74) is 0.0394. The summed E-state index contributed by atoms with van der Waals surface area (Å²) in [7, 11) is 0. The molecule has 0 bridgehead atoms. The zero-order valence-corrected chi connectivity index (χ0v) is 14.5. The van der Waals surface area contributed by atoms with Crippen molar-refractivity contribution in [1.29, 1.82) is 0 Å². The van der Waals surface area contributed by atoms with Crippen LogP contribution in [0.15, 0.2) is 29.2 Å². The Morgan fingerprint density at radius 2 is 1.68 bits per heavy atom. The normalized spacial score (nSPS) is 15.8. The lowest BCUT2D eigenvalue weighted by atomic mass is 9.94. The van der Waals surface area contributed by atoms with Gasteiger partial charge in [0.25, 0.3) is 5.91 Å². The summed E-state index contributed by atoms with van der Waals surface area (Å²) in [6.45, 7) is 5.84. The minimum absolute atomic E-state index is 0.0331. The van der Waals surface area contributed by atoms with Crippen LogP contribution in [0.5, 0.6) is 0 Å². The Bertz CT molecular complexity index is 569. The first-order valence-corrected chi connectivity index (χ1v) is 8.27. The number of thiol groups is 1. The van der Waals surface area contributed by atoms with Crippen LogP contribution in [-0.4, -0.2) is 53.7 Å².